The zero-order valence-corrected chi connectivity index (χ0v) is 47.5. The number of fused-ring (bicyclic) bond motifs is 3. The van der Waals surface area contributed by atoms with Gasteiger partial charge in [0, 0.05) is 87.0 Å². The third-order valence-electron chi connectivity index (χ3n) is 14.2. The molecule has 8 rings (SSSR count). The minimum absolute atomic E-state index is 0.0313. The van der Waals surface area contributed by atoms with Gasteiger partial charge in [-0.1, -0.05) is 113 Å². The predicted molar refractivity (Wildman–Crippen MR) is 305 cm³/mol. The van der Waals surface area contributed by atoms with Gasteiger partial charge in [0.15, 0.2) is 10.7 Å². The van der Waals surface area contributed by atoms with Crippen LogP contribution in [0.3, 0.4) is 0 Å². The predicted octanol–water partition coefficient (Wildman–Crippen LogP) is 11.9. The topological polar surface area (TPSA) is 171 Å². The summed E-state index contributed by atoms with van der Waals surface area (Å²) in [5.41, 5.74) is 9.71. The summed E-state index contributed by atoms with van der Waals surface area (Å²) in [5, 5.41) is 18.2. The standard InChI is InChI=1S/C61H76N6O8S2/c1-40(62-35-43-17-21-45(22-18-43)57-41(2)63-39-76-57)54-33-48(69)36-66(54)58(71)51(60(3,4)5)32-49(70)38-73-27-13-9-11-25-72-26-12-10-14-28-74-50-23-24-53-55(34-50)77-59-64-52(37-67(53)59)44-19-15-42(16-20-44)29-47(68)30-46-31-56(75-65-46)61(6,7)8/h15-24,31,34,37,39,48,51,54,62,69H,1,9-14,25-30,32-33,35-36,38H2,2-8H3/t48-,51-,54+/m1/s1. The number of aryl methyl sites for hydroxylation is 1. The Morgan fingerprint density at radius 2 is 1.53 bits per heavy atom. The number of hydrogen-bond donors (Lipinski definition) is 2. The Kier molecular flexibility index (Phi) is 19.3. The van der Waals surface area contributed by atoms with Crippen molar-refractivity contribution in [1.82, 2.24) is 29.7 Å². The van der Waals surface area contributed by atoms with Crippen molar-refractivity contribution < 1.29 is 38.2 Å². The zero-order valence-electron chi connectivity index (χ0n) is 45.9. The Labute approximate surface area is 461 Å². The summed E-state index contributed by atoms with van der Waals surface area (Å²) < 4.78 is 26.5. The smallest absolute Gasteiger partial charge is 0.227 e. The van der Waals surface area contributed by atoms with Crippen LogP contribution in [0.25, 0.3) is 36.9 Å². The molecule has 2 N–H and O–H groups in total. The lowest BCUT2D eigenvalue weighted by molar-refractivity contribution is -0.143. The van der Waals surface area contributed by atoms with Crippen molar-refractivity contribution in [1.29, 1.82) is 0 Å². The van der Waals surface area contributed by atoms with Crippen molar-refractivity contribution in [3.8, 4) is 27.4 Å². The first-order valence-electron chi connectivity index (χ1n) is 27.1. The van der Waals surface area contributed by atoms with Crippen molar-refractivity contribution in [2.75, 3.05) is 39.6 Å². The second-order valence-corrected chi connectivity index (χ2v) is 24.4. The Hall–Kier alpha value is -6.04. The quantitative estimate of drug-likeness (QED) is 0.0446. The molecule has 1 amide bonds. The minimum Gasteiger partial charge on any atom is -0.494 e. The number of imidazole rings is 1. The molecule has 5 heterocycles. The number of ether oxygens (including phenoxy) is 3. The van der Waals surface area contributed by atoms with E-state index in [0.29, 0.717) is 57.2 Å². The summed E-state index contributed by atoms with van der Waals surface area (Å²) in [6, 6.07) is 24.1. The van der Waals surface area contributed by atoms with Crippen molar-refractivity contribution >= 4 is 55.3 Å². The molecule has 1 aliphatic rings. The molecule has 16 heteroatoms. The molecule has 1 aliphatic heterocycles. The fourth-order valence-corrected chi connectivity index (χ4v) is 11.5. The lowest BCUT2D eigenvalue weighted by atomic mass is 9.77. The number of likely N-dealkylation sites (tertiary alicyclic amines) is 1. The average Bonchev–Trinajstić information content (AvgIpc) is 4.28. The van der Waals surface area contributed by atoms with Gasteiger partial charge in [-0.15, -0.1) is 11.3 Å². The maximum absolute atomic E-state index is 14.2. The molecule has 0 saturated carbocycles. The van der Waals surface area contributed by atoms with Gasteiger partial charge in [0.1, 0.15) is 23.9 Å². The molecule has 0 spiro atoms. The normalized spacial score (nSPS) is 15.4. The number of unbranched alkanes of at least 4 members (excludes halogenated alkanes) is 4. The van der Waals surface area contributed by atoms with Crippen molar-refractivity contribution in [2.45, 2.75) is 137 Å². The summed E-state index contributed by atoms with van der Waals surface area (Å²) in [5.74, 6) is 0.908. The maximum atomic E-state index is 14.2. The van der Waals surface area contributed by atoms with Crippen LogP contribution in [0.4, 0.5) is 0 Å². The van der Waals surface area contributed by atoms with Gasteiger partial charge in [-0.2, -0.15) is 0 Å². The number of ketones is 2. The van der Waals surface area contributed by atoms with Crippen LogP contribution in [0.2, 0.25) is 0 Å². The first-order chi connectivity index (χ1) is 36.9. The van der Waals surface area contributed by atoms with Gasteiger partial charge in [0.25, 0.3) is 0 Å². The molecule has 1 saturated heterocycles. The Bertz CT molecular complexity index is 3090. The number of Topliss-reactive ketones (excluding diaryl/α,β-unsaturated/α-hetero) is 2. The number of carbonyl (C=O) groups is 3. The number of thiazole rings is 2. The highest BCUT2D eigenvalue weighted by atomic mass is 32.1. The fourth-order valence-electron chi connectivity index (χ4n) is 9.62. The first-order valence-corrected chi connectivity index (χ1v) is 28.8. The monoisotopic (exact) mass is 1080 g/mol. The van der Waals surface area contributed by atoms with Gasteiger partial charge in [-0.25, -0.2) is 9.97 Å². The lowest BCUT2D eigenvalue weighted by Crippen LogP contribution is -2.46. The molecule has 14 nitrogen and oxygen atoms in total. The summed E-state index contributed by atoms with van der Waals surface area (Å²) in [6.45, 7) is 21.6. The van der Waals surface area contributed by atoms with Crippen molar-refractivity contribution in [3.63, 3.8) is 0 Å². The number of hydrogen-bond acceptors (Lipinski definition) is 14. The molecular formula is C61H76N6O8S2. The lowest BCUT2D eigenvalue weighted by Gasteiger charge is -2.35. The molecule has 3 aromatic carbocycles. The van der Waals surface area contributed by atoms with Crippen LogP contribution < -0.4 is 10.1 Å². The van der Waals surface area contributed by atoms with Gasteiger partial charge in [0.2, 0.25) is 5.91 Å². The molecule has 0 unspecified atom stereocenters. The van der Waals surface area contributed by atoms with Crippen LogP contribution >= 0.6 is 22.7 Å². The number of benzene rings is 3. The number of rotatable bonds is 28. The van der Waals surface area contributed by atoms with Crippen LogP contribution in [0.15, 0.2) is 101 Å². The van der Waals surface area contributed by atoms with E-state index in [4.69, 9.17) is 23.7 Å². The third kappa shape index (κ3) is 15.6. The summed E-state index contributed by atoms with van der Waals surface area (Å²) in [6.07, 6.45) is 8.04. The summed E-state index contributed by atoms with van der Waals surface area (Å²) in [4.78, 5) is 53.2. The Morgan fingerprint density at radius 3 is 2.21 bits per heavy atom. The van der Waals surface area contributed by atoms with Crippen LogP contribution in [0.5, 0.6) is 5.75 Å². The van der Waals surface area contributed by atoms with E-state index >= 15 is 0 Å². The van der Waals surface area contributed by atoms with Crippen molar-refractivity contribution in [3.05, 3.63) is 125 Å². The van der Waals surface area contributed by atoms with E-state index in [9.17, 15) is 19.5 Å². The summed E-state index contributed by atoms with van der Waals surface area (Å²) in [7, 11) is 0. The first kappa shape index (κ1) is 57.1. The largest absolute Gasteiger partial charge is 0.494 e. The molecule has 410 valence electrons. The second-order valence-electron chi connectivity index (χ2n) is 22.6. The number of nitrogens with one attached hydrogen (secondary N) is 1. The van der Waals surface area contributed by atoms with E-state index in [1.165, 1.54) is 0 Å². The minimum atomic E-state index is -0.667. The highest BCUT2D eigenvalue weighted by Crippen LogP contribution is 2.36. The molecule has 0 aliphatic carbocycles. The van der Waals surface area contributed by atoms with Gasteiger partial charge in [0.05, 0.1) is 62.9 Å². The highest BCUT2D eigenvalue weighted by molar-refractivity contribution is 7.23. The van der Waals surface area contributed by atoms with Gasteiger partial charge < -0.3 is 34.1 Å². The average molecular weight is 1090 g/mol. The van der Waals surface area contributed by atoms with Crippen LogP contribution in [0, 0.1) is 18.3 Å². The van der Waals surface area contributed by atoms with Gasteiger partial charge >= 0.3 is 0 Å². The van der Waals surface area contributed by atoms with Crippen LogP contribution in [-0.4, -0.2) is 98.7 Å². The number of aromatic nitrogens is 4. The number of nitrogens with zero attached hydrogens (tertiary/aromatic N) is 5. The fraction of sp³-hybridized carbons (Fsp3) is 0.475. The van der Waals surface area contributed by atoms with Gasteiger partial charge in [-0.05, 0) is 85.8 Å². The number of carbonyl (C=O) groups excluding carboxylic acids is 3. The zero-order chi connectivity index (χ0) is 54.7. The second kappa shape index (κ2) is 26.1. The Balaban J connectivity index is 0.661. The Morgan fingerprint density at radius 1 is 0.844 bits per heavy atom. The van der Waals surface area contributed by atoms with E-state index in [1.54, 1.807) is 27.6 Å². The van der Waals surface area contributed by atoms with E-state index in [0.717, 1.165) is 104 Å². The number of amides is 1. The molecule has 7 aromatic rings. The van der Waals surface area contributed by atoms with Crippen LogP contribution in [0.1, 0.15) is 121 Å². The van der Waals surface area contributed by atoms with E-state index < -0.39 is 17.4 Å². The number of β-amino-alcohol motifs (C(OH)–C–C–N with tert-alkyl or cyclic N) is 1. The maximum Gasteiger partial charge on any atom is 0.227 e. The number of aliphatic hydroxyl groups is 1. The molecular weight excluding hydrogens is 1010 g/mol. The van der Waals surface area contributed by atoms with E-state index in [-0.39, 0.29) is 54.9 Å². The third-order valence-corrected chi connectivity index (χ3v) is 16.2. The van der Waals surface area contributed by atoms with E-state index in [1.807, 2.05) is 69.6 Å². The SMILES string of the molecule is C=C(NCc1ccc(-c2scnc2C)cc1)[C@@H]1C[C@@H](O)CN1C(=O)[C@@H](CC(=O)COCCCCCOCCCCCOc1ccc2c(c1)sc1nc(-c3ccc(CC(=O)Cc4cc(C(C)(C)C)on4)cc3)cn12)C(C)(C)C. The molecule has 4 aromatic heterocycles. The molecule has 3 atom stereocenters. The highest BCUT2D eigenvalue weighted by Gasteiger charge is 2.43. The summed E-state index contributed by atoms with van der Waals surface area (Å²) >= 11 is 3.26. The molecule has 0 bridgehead atoms. The van der Waals surface area contributed by atoms with Crippen molar-refractivity contribution in [2.24, 2.45) is 11.3 Å². The molecule has 77 heavy (non-hydrogen) atoms. The van der Waals surface area contributed by atoms with Crippen LogP contribution in [-0.2, 0) is 48.7 Å². The van der Waals surface area contributed by atoms with Gasteiger partial charge in [-0.3, -0.25) is 18.8 Å². The number of aliphatic hydroxyl groups excluding tert-OH is 1. The molecule has 1 fully saturated rings. The van der Waals surface area contributed by atoms with E-state index in [2.05, 4.69) is 89.8 Å². The molecule has 0 radical (unpaired) electrons.